The van der Waals surface area contributed by atoms with Gasteiger partial charge in [0.1, 0.15) is 6.07 Å². The third-order valence-electron chi connectivity index (χ3n) is 10.2. The van der Waals surface area contributed by atoms with Gasteiger partial charge >= 0.3 is 13.9 Å². The summed E-state index contributed by atoms with van der Waals surface area (Å²) >= 11 is 7.02. The van der Waals surface area contributed by atoms with Crippen LogP contribution in [0.1, 0.15) is 98.7 Å². The number of benzene rings is 2. The minimum atomic E-state index is -4.30. The smallest absolute Gasteiger partial charge is 0.421 e. The molecule has 316 valence electrons. The van der Waals surface area contributed by atoms with Crippen LogP contribution in [-0.4, -0.2) is 50.7 Å². The summed E-state index contributed by atoms with van der Waals surface area (Å²) in [6, 6.07) is 11.7. The van der Waals surface area contributed by atoms with Crippen molar-refractivity contribution in [2.24, 2.45) is 24.2 Å². The number of anilines is 2. The van der Waals surface area contributed by atoms with E-state index in [9.17, 15) is 19.4 Å². The zero-order valence-electron chi connectivity index (χ0n) is 35.5. The molecule has 2 aromatic heterocycles. The fraction of sp³-hybridized carbons (Fsp3) is 0.488. The van der Waals surface area contributed by atoms with Crippen LogP contribution in [0.2, 0.25) is 5.02 Å². The summed E-state index contributed by atoms with van der Waals surface area (Å²) in [4.78, 5) is 34.2. The van der Waals surface area contributed by atoms with E-state index in [2.05, 4.69) is 37.1 Å². The molecule has 1 atom stereocenters. The molecule has 3 aliphatic carbocycles. The molecule has 2 aromatic carbocycles. The van der Waals surface area contributed by atoms with Gasteiger partial charge in [-0.15, -0.1) is 0 Å². The van der Waals surface area contributed by atoms with Gasteiger partial charge in [0.25, 0.3) is 5.56 Å². The standard InChI is InChI=1S/C43H55ClN7O7P/c1-40(2,3)25-48-36-28(23-45)24-47-37-33(36)18-29(19-34(37)44)51(39(53)55-26-56-59(54,57-41(4,5)6)58-42(7,8)9)35(15-17-50(46)43-20-27(21-43)22-43)31-12-11-13-32-30(31)14-16-49(10)38(32)52/h11-19,24,27,35H,20-22,25-26,46H2,1-10H3,(H,47,48)/t27?,35-,43?/m1/s1. The van der Waals surface area contributed by atoms with E-state index in [1.807, 2.05) is 12.1 Å². The van der Waals surface area contributed by atoms with Crippen molar-refractivity contribution >= 4 is 58.6 Å². The topological polar surface area (TPSA) is 174 Å². The number of nitrogens with one attached hydrogen (secondary N) is 1. The minimum absolute atomic E-state index is 0.164. The first-order valence-corrected chi connectivity index (χ1v) is 21.4. The third-order valence-corrected chi connectivity index (χ3v) is 12.5. The van der Waals surface area contributed by atoms with Gasteiger partial charge in [0.2, 0.25) is 6.79 Å². The molecule has 0 radical (unpaired) electrons. The molecule has 3 N–H and O–H groups in total. The number of carbonyl (C=O) groups is 1. The maximum atomic E-state index is 14.9. The number of nitrogens with zero attached hydrogens (tertiary/aromatic N) is 5. The van der Waals surface area contributed by atoms with Gasteiger partial charge in [0.15, 0.2) is 0 Å². The van der Waals surface area contributed by atoms with Gasteiger partial charge in [0, 0.05) is 43.0 Å². The summed E-state index contributed by atoms with van der Waals surface area (Å²) in [5, 5.41) is 17.0. The highest BCUT2D eigenvalue weighted by molar-refractivity contribution is 7.48. The van der Waals surface area contributed by atoms with Crippen LogP contribution in [0.3, 0.4) is 0 Å². The number of phosphoric ester groups is 1. The lowest BCUT2D eigenvalue weighted by Crippen LogP contribution is -2.68. The summed E-state index contributed by atoms with van der Waals surface area (Å²) in [6.45, 7) is 16.1. The fourth-order valence-corrected chi connectivity index (χ4v) is 9.34. The second-order valence-electron chi connectivity index (χ2n) is 18.7. The lowest BCUT2D eigenvalue weighted by molar-refractivity contribution is -0.124. The van der Waals surface area contributed by atoms with E-state index in [4.69, 9.17) is 35.8 Å². The van der Waals surface area contributed by atoms with Gasteiger partial charge in [-0.1, -0.05) is 44.5 Å². The Morgan fingerprint density at radius 1 is 1.08 bits per heavy atom. The van der Waals surface area contributed by atoms with Crippen LogP contribution in [0.5, 0.6) is 0 Å². The average Bonchev–Trinajstić information content (AvgIpc) is 3.06. The molecular formula is C43H55ClN7O7P. The summed E-state index contributed by atoms with van der Waals surface area (Å²) in [6.07, 6.45) is 8.65. The number of hydrazine groups is 1. The number of halogens is 1. The van der Waals surface area contributed by atoms with Gasteiger partial charge in [-0.2, -0.15) is 5.26 Å². The lowest BCUT2D eigenvalue weighted by Gasteiger charge is -2.64. The van der Waals surface area contributed by atoms with Crippen LogP contribution in [0, 0.1) is 22.7 Å². The maximum absolute atomic E-state index is 14.9. The summed E-state index contributed by atoms with van der Waals surface area (Å²) in [5.74, 6) is 7.36. The van der Waals surface area contributed by atoms with Gasteiger partial charge < -0.3 is 19.6 Å². The predicted octanol–water partition coefficient (Wildman–Crippen LogP) is 9.71. The molecule has 0 spiro atoms. The Kier molecular flexibility index (Phi) is 12.1. The summed E-state index contributed by atoms with van der Waals surface area (Å²) < 4.78 is 38.5. The molecule has 3 fully saturated rings. The SMILES string of the molecule is Cn1ccc2c([C@@H](C=CN(N)C34CC(C3)C4)N(C(=O)OCOP(=O)(OC(C)(C)C)OC(C)(C)C)c3cc(Cl)c4ncc(C#N)c(NCC(C)(C)C)c4c3)cccc2c1=O. The van der Waals surface area contributed by atoms with Crippen molar-refractivity contribution in [1.29, 1.82) is 5.26 Å². The quantitative estimate of drug-likeness (QED) is 0.0565. The van der Waals surface area contributed by atoms with Gasteiger partial charge in [-0.25, -0.2) is 19.7 Å². The molecule has 1 amide bonds. The van der Waals surface area contributed by atoms with Gasteiger partial charge in [0.05, 0.1) is 50.3 Å². The number of rotatable bonds is 13. The highest BCUT2D eigenvalue weighted by Crippen LogP contribution is 2.60. The number of carbonyl (C=O) groups excluding carboxylic acids is 1. The Labute approximate surface area is 350 Å². The molecule has 0 unspecified atom stereocenters. The summed E-state index contributed by atoms with van der Waals surface area (Å²) in [5.41, 5.74) is -0.433. The molecule has 2 heterocycles. The Balaban J connectivity index is 1.53. The molecular weight excluding hydrogens is 793 g/mol. The Morgan fingerprint density at radius 3 is 2.32 bits per heavy atom. The molecule has 2 bridgehead atoms. The van der Waals surface area contributed by atoms with E-state index < -0.39 is 38.0 Å². The molecule has 3 saturated carbocycles. The third kappa shape index (κ3) is 9.78. The Hall–Kier alpha value is -4.48. The lowest BCUT2D eigenvalue weighted by atomic mass is 9.49. The van der Waals surface area contributed by atoms with E-state index in [1.165, 1.54) is 15.7 Å². The second-order valence-corrected chi connectivity index (χ2v) is 20.6. The number of nitrogens with two attached hydrogens (primary N) is 1. The van der Waals surface area contributed by atoms with Crippen LogP contribution >= 0.6 is 19.4 Å². The van der Waals surface area contributed by atoms with Crippen molar-refractivity contribution in [2.45, 2.75) is 104 Å². The minimum Gasteiger partial charge on any atom is -0.421 e. The largest absolute Gasteiger partial charge is 0.478 e. The van der Waals surface area contributed by atoms with Crippen LogP contribution in [0.15, 0.2) is 65.9 Å². The van der Waals surface area contributed by atoms with Crippen molar-refractivity contribution in [2.75, 3.05) is 23.6 Å². The highest BCUT2D eigenvalue weighted by Gasteiger charge is 2.59. The normalized spacial score (nSPS) is 18.6. The number of nitriles is 1. The van der Waals surface area contributed by atoms with Crippen LogP contribution in [0.4, 0.5) is 16.2 Å². The number of phosphoric acid groups is 1. The number of pyridine rings is 2. The van der Waals surface area contributed by atoms with Crippen LogP contribution in [0.25, 0.3) is 21.7 Å². The molecule has 3 aliphatic rings. The number of hydrogen-bond donors (Lipinski definition) is 2. The molecule has 0 aliphatic heterocycles. The number of aryl methyl sites for hydroxylation is 1. The zero-order valence-corrected chi connectivity index (χ0v) is 37.1. The van der Waals surface area contributed by atoms with Crippen molar-refractivity contribution in [3.8, 4) is 6.07 Å². The second kappa shape index (κ2) is 16.2. The Bertz CT molecular complexity index is 2410. The van der Waals surface area contributed by atoms with Crippen LogP contribution < -0.4 is 21.6 Å². The van der Waals surface area contributed by atoms with Crippen molar-refractivity contribution in [3.05, 3.63) is 87.6 Å². The first-order valence-electron chi connectivity index (χ1n) is 19.6. The number of aromatic nitrogens is 2. The van der Waals surface area contributed by atoms with Gasteiger partial charge in [-0.05, 0) is 113 Å². The van der Waals surface area contributed by atoms with E-state index in [-0.39, 0.29) is 32.8 Å². The van der Waals surface area contributed by atoms with E-state index in [0.717, 1.165) is 19.3 Å². The maximum Gasteiger partial charge on any atom is 0.478 e. The fourth-order valence-electron chi connectivity index (χ4n) is 7.41. The number of amides is 1. The zero-order chi connectivity index (χ0) is 43.3. The predicted molar refractivity (Wildman–Crippen MR) is 231 cm³/mol. The molecule has 59 heavy (non-hydrogen) atoms. The van der Waals surface area contributed by atoms with Gasteiger partial charge in [-0.3, -0.25) is 23.7 Å². The first kappa shape index (κ1) is 44.1. The van der Waals surface area contributed by atoms with Crippen LogP contribution in [-0.2, 0) is 29.9 Å². The van der Waals surface area contributed by atoms with E-state index in [0.29, 0.717) is 45.4 Å². The molecule has 4 aromatic rings. The average molecular weight is 848 g/mol. The molecule has 7 rings (SSSR count). The van der Waals surface area contributed by atoms with E-state index >= 15 is 0 Å². The molecule has 14 nitrogen and oxygen atoms in total. The number of ether oxygens (including phenoxy) is 1. The summed E-state index contributed by atoms with van der Waals surface area (Å²) in [7, 11) is -2.63. The molecule has 16 heteroatoms. The number of fused-ring (bicyclic) bond motifs is 2. The first-order chi connectivity index (χ1) is 27.4. The van der Waals surface area contributed by atoms with Crippen molar-refractivity contribution in [1.82, 2.24) is 14.6 Å². The molecule has 0 saturated heterocycles. The van der Waals surface area contributed by atoms with Crippen molar-refractivity contribution in [3.63, 3.8) is 0 Å². The monoisotopic (exact) mass is 847 g/mol. The Morgan fingerprint density at radius 2 is 1.75 bits per heavy atom. The van der Waals surface area contributed by atoms with E-state index in [1.54, 1.807) is 96.3 Å². The van der Waals surface area contributed by atoms with Crippen molar-refractivity contribution < 1.29 is 27.7 Å². The number of hydrogen-bond acceptors (Lipinski definition) is 12. The highest BCUT2D eigenvalue weighted by atomic mass is 35.5.